The molecule has 0 radical (unpaired) electrons. The lowest BCUT2D eigenvalue weighted by Gasteiger charge is -2.21. The van der Waals surface area contributed by atoms with Crippen LogP contribution in [0.3, 0.4) is 0 Å². The van der Waals surface area contributed by atoms with Crippen LogP contribution in [-0.2, 0) is 4.79 Å². The number of nitrogens with zero attached hydrogens (tertiary/aromatic N) is 1. The van der Waals surface area contributed by atoms with Crippen LogP contribution in [0.25, 0.3) is 21.8 Å². The number of thioether (sulfide) groups is 1. The zero-order chi connectivity index (χ0) is 23.5. The Kier molecular flexibility index (Phi) is 6.73. The van der Waals surface area contributed by atoms with E-state index in [0.717, 1.165) is 64.5 Å². The van der Waals surface area contributed by atoms with Crippen molar-refractivity contribution in [3.63, 3.8) is 0 Å². The number of carbonyl (C=O) groups excluding carboxylic acids is 2. The number of benzene rings is 3. The summed E-state index contributed by atoms with van der Waals surface area (Å²) in [6.07, 6.45) is 6.23. The molecule has 1 fully saturated rings. The van der Waals surface area contributed by atoms with E-state index in [2.05, 4.69) is 24.4 Å². The molecule has 174 valence electrons. The summed E-state index contributed by atoms with van der Waals surface area (Å²) in [5.74, 6) is 0.365. The van der Waals surface area contributed by atoms with Crippen molar-refractivity contribution in [2.45, 2.75) is 55.6 Å². The van der Waals surface area contributed by atoms with Crippen molar-refractivity contribution in [1.29, 1.82) is 0 Å². The molecule has 5 heteroatoms. The van der Waals surface area contributed by atoms with E-state index in [-0.39, 0.29) is 23.0 Å². The number of amides is 1. The second-order valence-corrected chi connectivity index (χ2v) is 10.3. The van der Waals surface area contributed by atoms with E-state index in [1.807, 2.05) is 65.2 Å². The quantitative estimate of drug-likeness (QED) is 0.296. The molecule has 0 saturated heterocycles. The predicted octanol–water partition coefficient (Wildman–Crippen LogP) is 7.52. The predicted molar refractivity (Wildman–Crippen MR) is 142 cm³/mol. The first-order valence-corrected chi connectivity index (χ1v) is 13.1. The highest BCUT2D eigenvalue weighted by Crippen LogP contribution is 2.33. The Morgan fingerprint density at radius 2 is 1.47 bits per heavy atom. The Hall–Kier alpha value is -3.05. The molecule has 1 heterocycles. The lowest BCUT2D eigenvalue weighted by atomic mass is 9.88. The Morgan fingerprint density at radius 1 is 0.882 bits per heavy atom. The number of hydrogen-bond acceptors (Lipinski definition) is 3. The molecule has 1 unspecified atom stereocenters. The number of hydrogen-bond donors (Lipinski definition) is 1. The fourth-order valence-corrected chi connectivity index (χ4v) is 6.00. The second kappa shape index (κ2) is 10.1. The highest BCUT2D eigenvalue weighted by atomic mass is 32.2. The van der Waals surface area contributed by atoms with Gasteiger partial charge in [-0.2, -0.15) is 0 Å². The smallest absolute Gasteiger partial charge is 0.245 e. The van der Waals surface area contributed by atoms with Gasteiger partial charge in [-0.15, -0.1) is 11.8 Å². The molecular weight excluding hydrogens is 440 g/mol. The van der Waals surface area contributed by atoms with Gasteiger partial charge in [0.2, 0.25) is 11.8 Å². The number of rotatable bonds is 6. The van der Waals surface area contributed by atoms with Crippen molar-refractivity contribution < 1.29 is 9.59 Å². The lowest BCUT2D eigenvalue weighted by molar-refractivity contribution is -0.120. The van der Waals surface area contributed by atoms with E-state index in [1.54, 1.807) is 11.8 Å². The molecule has 1 N–H and O–H groups in total. The molecule has 0 aliphatic heterocycles. The Balaban J connectivity index is 1.34. The molecule has 0 bridgehead atoms. The summed E-state index contributed by atoms with van der Waals surface area (Å²) in [5, 5.41) is 5.07. The minimum atomic E-state index is -0.207. The maximum absolute atomic E-state index is 13.7. The Morgan fingerprint density at radius 3 is 2.06 bits per heavy atom. The van der Waals surface area contributed by atoms with E-state index in [9.17, 15) is 9.59 Å². The van der Waals surface area contributed by atoms with Crippen molar-refractivity contribution in [2.75, 3.05) is 5.32 Å². The molecule has 1 atom stereocenters. The van der Waals surface area contributed by atoms with E-state index < -0.39 is 0 Å². The maximum atomic E-state index is 13.7. The van der Waals surface area contributed by atoms with Crippen molar-refractivity contribution in [3.05, 3.63) is 72.8 Å². The molecule has 4 nitrogen and oxygen atoms in total. The van der Waals surface area contributed by atoms with Gasteiger partial charge >= 0.3 is 0 Å². The average molecular weight is 471 g/mol. The fourth-order valence-electron chi connectivity index (χ4n) is 5.00. The maximum Gasteiger partial charge on any atom is 0.245 e. The van der Waals surface area contributed by atoms with Crippen LogP contribution in [0.4, 0.5) is 5.69 Å². The summed E-state index contributed by atoms with van der Waals surface area (Å²) < 4.78 is 1.88. The number of aromatic nitrogens is 1. The largest absolute Gasteiger partial charge is 0.326 e. The highest BCUT2D eigenvalue weighted by Gasteiger charge is 2.24. The third-order valence-corrected chi connectivity index (χ3v) is 8.19. The van der Waals surface area contributed by atoms with E-state index in [1.165, 1.54) is 6.42 Å². The first-order valence-electron chi connectivity index (χ1n) is 12.3. The normalized spacial score (nSPS) is 15.4. The minimum absolute atomic E-state index is 0.0968. The average Bonchev–Trinajstić information content (AvgIpc) is 3.23. The molecule has 3 aromatic carbocycles. The van der Waals surface area contributed by atoms with Crippen LogP contribution < -0.4 is 5.32 Å². The van der Waals surface area contributed by atoms with Gasteiger partial charge in [0.05, 0.1) is 16.3 Å². The van der Waals surface area contributed by atoms with Gasteiger partial charge < -0.3 is 5.32 Å². The van der Waals surface area contributed by atoms with Gasteiger partial charge in [0.15, 0.2) is 0 Å². The first-order chi connectivity index (χ1) is 16.7. The Bertz CT molecular complexity index is 1270. The van der Waals surface area contributed by atoms with E-state index >= 15 is 0 Å². The summed E-state index contributed by atoms with van der Waals surface area (Å²) in [7, 11) is 0. The van der Waals surface area contributed by atoms with Crippen molar-refractivity contribution in [2.24, 2.45) is 5.92 Å². The monoisotopic (exact) mass is 470 g/mol. The van der Waals surface area contributed by atoms with E-state index in [0.29, 0.717) is 0 Å². The second-order valence-electron chi connectivity index (χ2n) is 9.07. The summed E-state index contributed by atoms with van der Waals surface area (Å²) in [6, 6.07) is 24.1. The third kappa shape index (κ3) is 4.49. The molecule has 1 aliphatic rings. The lowest BCUT2D eigenvalue weighted by Crippen LogP contribution is -2.24. The number of nitrogens with one attached hydrogen (secondary N) is 1. The molecule has 1 saturated carbocycles. The highest BCUT2D eigenvalue weighted by molar-refractivity contribution is 8.00. The van der Waals surface area contributed by atoms with Gasteiger partial charge in [0, 0.05) is 27.3 Å². The Labute approximate surface area is 204 Å². The molecule has 4 aromatic rings. The van der Waals surface area contributed by atoms with Gasteiger partial charge in [-0.1, -0.05) is 62.6 Å². The van der Waals surface area contributed by atoms with Gasteiger partial charge in [-0.25, -0.2) is 0 Å². The SMILES string of the molecule is CCC(Sc1ccc(NC(=O)C2CCCCC2)cc1)C(=O)n1c2ccccc2c2ccccc21. The van der Waals surface area contributed by atoms with Crippen molar-refractivity contribution in [1.82, 2.24) is 4.57 Å². The summed E-state index contributed by atoms with van der Waals surface area (Å²) in [6.45, 7) is 2.06. The van der Waals surface area contributed by atoms with Crippen molar-refractivity contribution >= 4 is 51.1 Å². The number of anilines is 1. The third-order valence-electron chi connectivity index (χ3n) is 6.82. The van der Waals surface area contributed by atoms with Crippen LogP contribution in [0.1, 0.15) is 50.2 Å². The van der Waals surface area contributed by atoms with Crippen LogP contribution >= 0.6 is 11.8 Å². The number of para-hydroxylation sites is 2. The fraction of sp³-hybridized carbons (Fsp3) is 0.310. The van der Waals surface area contributed by atoms with Gasteiger partial charge in [-0.05, 0) is 55.7 Å². The number of fused-ring (bicyclic) bond motifs is 3. The molecule has 5 rings (SSSR count). The minimum Gasteiger partial charge on any atom is -0.326 e. The van der Waals surface area contributed by atoms with Crippen LogP contribution in [0.5, 0.6) is 0 Å². The standard InChI is InChI=1S/C29H30N2O2S/c1-2-27(29(33)31-25-14-8-6-12-23(25)24-13-7-9-15-26(24)31)34-22-18-16-21(17-19-22)30-28(32)20-10-4-3-5-11-20/h6-9,12-20,27H,2-5,10-11H2,1H3,(H,30,32). The molecule has 1 amide bonds. The van der Waals surface area contributed by atoms with E-state index in [4.69, 9.17) is 0 Å². The van der Waals surface area contributed by atoms with Gasteiger partial charge in [-0.3, -0.25) is 14.2 Å². The van der Waals surface area contributed by atoms with Crippen molar-refractivity contribution in [3.8, 4) is 0 Å². The van der Waals surface area contributed by atoms with Crippen LogP contribution in [0.2, 0.25) is 0 Å². The molecular formula is C29H30N2O2S. The summed E-state index contributed by atoms with van der Waals surface area (Å²) >= 11 is 1.58. The summed E-state index contributed by atoms with van der Waals surface area (Å²) in [4.78, 5) is 27.3. The first kappa shape index (κ1) is 22.7. The van der Waals surface area contributed by atoms with Gasteiger partial charge in [0.25, 0.3) is 0 Å². The number of carbonyl (C=O) groups is 2. The zero-order valence-electron chi connectivity index (χ0n) is 19.5. The zero-order valence-corrected chi connectivity index (χ0v) is 20.3. The summed E-state index contributed by atoms with van der Waals surface area (Å²) in [5.41, 5.74) is 2.73. The van der Waals surface area contributed by atoms with Crippen LogP contribution in [0, 0.1) is 5.92 Å². The molecule has 1 aromatic heterocycles. The molecule has 34 heavy (non-hydrogen) atoms. The van der Waals surface area contributed by atoms with Gasteiger partial charge in [0.1, 0.15) is 0 Å². The topological polar surface area (TPSA) is 51.1 Å². The molecule has 1 aliphatic carbocycles. The molecule has 0 spiro atoms. The van der Waals surface area contributed by atoms with Crippen LogP contribution in [-0.4, -0.2) is 21.6 Å². The van der Waals surface area contributed by atoms with Crippen LogP contribution in [0.15, 0.2) is 77.7 Å².